The molecule has 0 aromatic rings. The van der Waals surface area contributed by atoms with E-state index in [-0.39, 0.29) is 23.0 Å². The standard InChI is InChI=1S/C15H22N4O4S/c1-3-9(12(17)20)18(2)6-4-5-8-7-24-14-10(16)13(21)19(14)11(8)15(22)23/h4-5,9-10,14H,3,6-7,16H2,1-2H3,(H2,17,20)(H,22,23)/b5-4+/t9?,10-,14+/m1/s1. The number of carbonyl (C=O) groups excluding carboxylic acids is 2. The molecule has 0 aromatic carbocycles. The van der Waals surface area contributed by atoms with Crippen LogP contribution >= 0.6 is 11.8 Å². The zero-order valence-corrected chi connectivity index (χ0v) is 14.5. The molecule has 0 bridgehead atoms. The number of primary amides is 1. The first-order valence-corrected chi connectivity index (χ1v) is 8.67. The Hall–Kier alpha value is -1.84. The first kappa shape index (κ1) is 18.5. The highest BCUT2D eigenvalue weighted by Crippen LogP contribution is 2.39. The van der Waals surface area contributed by atoms with Gasteiger partial charge in [0.25, 0.3) is 0 Å². The lowest BCUT2D eigenvalue weighted by Gasteiger charge is -2.47. The van der Waals surface area contributed by atoms with Gasteiger partial charge in [0.2, 0.25) is 11.8 Å². The number of hydrogen-bond acceptors (Lipinski definition) is 6. The van der Waals surface area contributed by atoms with Crippen LogP contribution < -0.4 is 11.5 Å². The van der Waals surface area contributed by atoms with Gasteiger partial charge < -0.3 is 16.6 Å². The van der Waals surface area contributed by atoms with E-state index in [0.29, 0.717) is 24.3 Å². The molecule has 0 radical (unpaired) electrons. The van der Waals surface area contributed by atoms with Gasteiger partial charge in [0.1, 0.15) is 17.1 Å². The molecular formula is C15H22N4O4S. The van der Waals surface area contributed by atoms with E-state index in [1.165, 1.54) is 16.7 Å². The van der Waals surface area contributed by atoms with Crippen molar-refractivity contribution in [1.82, 2.24) is 9.80 Å². The van der Waals surface area contributed by atoms with E-state index < -0.39 is 17.9 Å². The topological polar surface area (TPSA) is 130 Å². The average Bonchev–Trinajstić information content (AvgIpc) is 2.53. The Bertz CT molecular complexity index is 619. The van der Waals surface area contributed by atoms with E-state index in [1.54, 1.807) is 24.1 Å². The minimum absolute atomic E-state index is 0.00806. The Morgan fingerprint density at radius 3 is 2.75 bits per heavy atom. The predicted octanol–water partition coefficient (Wildman–Crippen LogP) is -0.681. The molecule has 1 fully saturated rings. The molecule has 1 saturated heterocycles. The number of amides is 2. The second-order valence-electron chi connectivity index (χ2n) is 5.78. The average molecular weight is 354 g/mol. The predicted molar refractivity (Wildman–Crippen MR) is 90.8 cm³/mol. The molecule has 3 atom stereocenters. The van der Waals surface area contributed by atoms with E-state index >= 15 is 0 Å². The largest absolute Gasteiger partial charge is 0.477 e. The summed E-state index contributed by atoms with van der Waals surface area (Å²) in [5, 5.41) is 9.13. The van der Waals surface area contributed by atoms with Crippen molar-refractivity contribution >= 4 is 29.5 Å². The summed E-state index contributed by atoms with van der Waals surface area (Å²) in [6.07, 6.45) is 4.06. The van der Waals surface area contributed by atoms with Crippen LogP contribution in [0.4, 0.5) is 0 Å². The molecule has 5 N–H and O–H groups in total. The SMILES string of the molecule is CCC(C(N)=O)N(C)C/C=C/C1=C(C(=O)O)N2C(=O)[C@@H](N)[C@@H]2SC1. The number of nitrogens with zero attached hydrogens (tertiary/aromatic N) is 2. The number of likely N-dealkylation sites (N-methyl/N-ethyl adjacent to an activating group) is 1. The van der Waals surface area contributed by atoms with Gasteiger partial charge in [-0.15, -0.1) is 11.8 Å². The zero-order chi connectivity index (χ0) is 18.0. The van der Waals surface area contributed by atoms with Crippen LogP contribution in [-0.2, 0) is 14.4 Å². The maximum absolute atomic E-state index is 11.8. The number of hydrogen-bond donors (Lipinski definition) is 3. The molecule has 24 heavy (non-hydrogen) atoms. The number of aliphatic carboxylic acids is 1. The van der Waals surface area contributed by atoms with Crippen LogP contribution in [0.2, 0.25) is 0 Å². The quantitative estimate of drug-likeness (QED) is 0.516. The molecule has 2 amide bonds. The lowest BCUT2D eigenvalue weighted by Crippen LogP contribution is -2.68. The summed E-state index contributed by atoms with van der Waals surface area (Å²) in [5.41, 5.74) is 11.6. The van der Waals surface area contributed by atoms with Crippen LogP contribution in [0.3, 0.4) is 0 Å². The van der Waals surface area contributed by atoms with Crippen molar-refractivity contribution in [2.45, 2.75) is 30.8 Å². The van der Waals surface area contributed by atoms with Crippen molar-refractivity contribution in [2.75, 3.05) is 19.3 Å². The molecule has 2 aliphatic heterocycles. The van der Waals surface area contributed by atoms with Crippen molar-refractivity contribution in [2.24, 2.45) is 11.5 Å². The molecule has 0 aliphatic carbocycles. The smallest absolute Gasteiger partial charge is 0.352 e. The highest BCUT2D eigenvalue weighted by molar-refractivity contribution is 8.00. The number of β-lactam (4-membered cyclic amide) rings is 1. The number of fused-ring (bicyclic) bond motifs is 1. The summed E-state index contributed by atoms with van der Waals surface area (Å²) in [5.74, 6) is -1.43. The fourth-order valence-corrected chi connectivity index (χ4v) is 4.15. The Morgan fingerprint density at radius 2 is 2.21 bits per heavy atom. The molecule has 8 nitrogen and oxygen atoms in total. The first-order chi connectivity index (χ1) is 11.3. The monoisotopic (exact) mass is 354 g/mol. The number of carboxylic acids is 1. The molecular weight excluding hydrogens is 332 g/mol. The molecule has 0 spiro atoms. The minimum atomic E-state index is -1.14. The number of rotatable bonds is 7. The Morgan fingerprint density at radius 1 is 1.54 bits per heavy atom. The molecule has 2 heterocycles. The summed E-state index contributed by atoms with van der Waals surface area (Å²) in [6, 6.07) is -1.01. The number of nitrogens with two attached hydrogens (primary N) is 2. The molecule has 0 aromatic heterocycles. The van der Waals surface area contributed by atoms with Gasteiger partial charge in [-0.25, -0.2) is 4.79 Å². The zero-order valence-electron chi connectivity index (χ0n) is 13.6. The third kappa shape index (κ3) is 3.33. The van der Waals surface area contributed by atoms with Crippen LogP contribution in [0.5, 0.6) is 0 Å². The molecule has 2 rings (SSSR count). The third-order valence-electron chi connectivity index (χ3n) is 4.20. The van der Waals surface area contributed by atoms with Gasteiger partial charge in [-0.1, -0.05) is 19.1 Å². The number of allylic oxidation sites excluding steroid dienone is 1. The summed E-state index contributed by atoms with van der Waals surface area (Å²) < 4.78 is 0. The van der Waals surface area contributed by atoms with Gasteiger partial charge in [0.05, 0.1) is 6.04 Å². The Kier molecular flexibility index (Phi) is 5.68. The van der Waals surface area contributed by atoms with Crippen molar-refractivity contribution in [3.8, 4) is 0 Å². The lowest BCUT2D eigenvalue weighted by atomic mass is 10.0. The Balaban J connectivity index is 2.13. The number of thioether (sulfide) groups is 1. The maximum Gasteiger partial charge on any atom is 0.352 e. The molecule has 0 saturated carbocycles. The van der Waals surface area contributed by atoms with E-state index in [0.717, 1.165) is 0 Å². The number of carboxylic acid groups (broad SMARTS) is 1. The summed E-state index contributed by atoms with van der Waals surface area (Å²) >= 11 is 1.45. The van der Waals surface area contributed by atoms with Crippen molar-refractivity contribution < 1.29 is 19.5 Å². The van der Waals surface area contributed by atoms with Gasteiger partial charge in [-0.2, -0.15) is 0 Å². The van der Waals surface area contributed by atoms with E-state index in [1.807, 2.05) is 6.92 Å². The van der Waals surface area contributed by atoms with Gasteiger partial charge >= 0.3 is 5.97 Å². The van der Waals surface area contributed by atoms with Crippen LogP contribution in [0.25, 0.3) is 0 Å². The van der Waals surface area contributed by atoms with Crippen LogP contribution in [0.1, 0.15) is 13.3 Å². The van der Waals surface area contributed by atoms with Crippen molar-refractivity contribution in [3.63, 3.8) is 0 Å². The summed E-state index contributed by atoms with van der Waals surface area (Å²) in [4.78, 5) is 37.8. The fourth-order valence-electron chi connectivity index (χ4n) is 2.89. The van der Waals surface area contributed by atoms with Gasteiger partial charge in [0.15, 0.2) is 0 Å². The highest BCUT2D eigenvalue weighted by atomic mass is 32.2. The summed E-state index contributed by atoms with van der Waals surface area (Å²) in [6.45, 7) is 2.32. The van der Waals surface area contributed by atoms with E-state index in [2.05, 4.69) is 0 Å². The van der Waals surface area contributed by atoms with Crippen LogP contribution in [0.15, 0.2) is 23.4 Å². The van der Waals surface area contributed by atoms with Crippen molar-refractivity contribution in [1.29, 1.82) is 0 Å². The second kappa shape index (κ2) is 7.37. The molecule has 132 valence electrons. The number of carbonyl (C=O) groups is 3. The van der Waals surface area contributed by atoms with Crippen LogP contribution in [0, 0.1) is 0 Å². The third-order valence-corrected chi connectivity index (χ3v) is 5.52. The highest BCUT2D eigenvalue weighted by Gasteiger charge is 2.51. The van der Waals surface area contributed by atoms with Gasteiger partial charge in [-0.05, 0) is 19.0 Å². The molecule has 9 heteroatoms. The minimum Gasteiger partial charge on any atom is -0.477 e. The second-order valence-corrected chi connectivity index (χ2v) is 6.89. The van der Waals surface area contributed by atoms with Gasteiger partial charge in [0, 0.05) is 12.3 Å². The van der Waals surface area contributed by atoms with Crippen LogP contribution in [-0.4, -0.2) is 69.5 Å². The van der Waals surface area contributed by atoms with E-state index in [4.69, 9.17) is 11.5 Å². The van der Waals surface area contributed by atoms with E-state index in [9.17, 15) is 19.5 Å². The molecule has 2 aliphatic rings. The lowest BCUT2D eigenvalue weighted by molar-refractivity contribution is -0.147. The summed E-state index contributed by atoms with van der Waals surface area (Å²) in [7, 11) is 1.78. The fraction of sp³-hybridized carbons (Fsp3) is 0.533. The molecule has 1 unspecified atom stereocenters. The Labute approximate surface area is 144 Å². The normalized spacial score (nSPS) is 25.0. The maximum atomic E-state index is 11.8. The first-order valence-electron chi connectivity index (χ1n) is 7.62. The van der Waals surface area contributed by atoms with Gasteiger partial charge in [-0.3, -0.25) is 19.4 Å². The van der Waals surface area contributed by atoms with Crippen molar-refractivity contribution in [3.05, 3.63) is 23.4 Å².